The number of aromatic nitrogens is 2. The Balaban J connectivity index is 1.64. The van der Waals surface area contributed by atoms with Crippen LogP contribution in [-0.4, -0.2) is 9.97 Å². The highest BCUT2D eigenvalue weighted by Crippen LogP contribution is 2.21. The highest BCUT2D eigenvalue weighted by molar-refractivity contribution is 9.10. The van der Waals surface area contributed by atoms with E-state index in [-0.39, 0.29) is 0 Å². The number of fused-ring (bicyclic) bond motifs is 1. The van der Waals surface area contributed by atoms with Gasteiger partial charge in [-0.25, -0.2) is 4.98 Å². The molecule has 0 atom stereocenters. The first kappa shape index (κ1) is 13.6. The summed E-state index contributed by atoms with van der Waals surface area (Å²) in [5.41, 5.74) is 3.24. The molecule has 0 radical (unpaired) electrons. The van der Waals surface area contributed by atoms with Crippen LogP contribution < -0.4 is 5.32 Å². The number of H-pyrrole nitrogens is 1. The van der Waals surface area contributed by atoms with Crippen LogP contribution in [0.3, 0.4) is 0 Å². The number of rotatable bonds is 4. The third kappa shape index (κ3) is 3.03. The van der Waals surface area contributed by atoms with Gasteiger partial charge < -0.3 is 10.3 Å². The van der Waals surface area contributed by atoms with Crippen LogP contribution in [0.1, 0.15) is 11.4 Å². The molecule has 0 amide bonds. The zero-order valence-electron chi connectivity index (χ0n) is 10.7. The van der Waals surface area contributed by atoms with E-state index in [1.54, 1.807) is 0 Å². The minimum absolute atomic E-state index is 0.698. The molecule has 1 heterocycles. The standard InChI is InChI=1S/C15H13BrClN3/c16-12-7-11(17)6-5-10(12)8-18-9-15-19-13-3-1-2-4-14(13)20-15/h1-7,18H,8-9H2,(H,19,20). The normalized spacial score (nSPS) is 11.1. The molecule has 0 spiro atoms. The van der Waals surface area contributed by atoms with E-state index in [4.69, 9.17) is 11.6 Å². The number of imidazole rings is 1. The predicted molar refractivity (Wildman–Crippen MR) is 85.8 cm³/mol. The average Bonchev–Trinajstić information content (AvgIpc) is 2.84. The fourth-order valence-electron chi connectivity index (χ4n) is 2.07. The molecule has 102 valence electrons. The zero-order valence-corrected chi connectivity index (χ0v) is 13.0. The minimum atomic E-state index is 0.698. The van der Waals surface area contributed by atoms with Crippen LogP contribution in [0.15, 0.2) is 46.9 Å². The van der Waals surface area contributed by atoms with E-state index in [0.717, 1.165) is 32.9 Å². The maximum absolute atomic E-state index is 5.93. The third-order valence-electron chi connectivity index (χ3n) is 3.06. The topological polar surface area (TPSA) is 40.7 Å². The van der Waals surface area contributed by atoms with Crippen molar-refractivity contribution in [2.75, 3.05) is 0 Å². The Hall–Kier alpha value is -1.36. The summed E-state index contributed by atoms with van der Waals surface area (Å²) >= 11 is 9.44. The van der Waals surface area contributed by atoms with E-state index in [1.165, 1.54) is 5.56 Å². The van der Waals surface area contributed by atoms with Crippen molar-refractivity contribution >= 4 is 38.6 Å². The van der Waals surface area contributed by atoms with Gasteiger partial charge in [0.05, 0.1) is 17.6 Å². The van der Waals surface area contributed by atoms with Crippen LogP contribution in [0, 0.1) is 0 Å². The third-order valence-corrected chi connectivity index (χ3v) is 4.03. The molecule has 2 aromatic carbocycles. The minimum Gasteiger partial charge on any atom is -0.341 e. The van der Waals surface area contributed by atoms with E-state index in [1.807, 2.05) is 42.5 Å². The molecule has 0 saturated heterocycles. The number of halogens is 2. The van der Waals surface area contributed by atoms with Gasteiger partial charge in [-0.2, -0.15) is 0 Å². The Morgan fingerprint density at radius 3 is 2.80 bits per heavy atom. The first-order valence-corrected chi connectivity index (χ1v) is 7.48. The molecule has 3 nitrogen and oxygen atoms in total. The average molecular weight is 351 g/mol. The van der Waals surface area contributed by atoms with Crippen molar-refractivity contribution in [3.8, 4) is 0 Å². The molecule has 0 aliphatic rings. The Morgan fingerprint density at radius 2 is 2.00 bits per heavy atom. The Morgan fingerprint density at radius 1 is 1.15 bits per heavy atom. The van der Waals surface area contributed by atoms with E-state index in [9.17, 15) is 0 Å². The van der Waals surface area contributed by atoms with E-state index in [2.05, 4.69) is 31.2 Å². The second kappa shape index (κ2) is 5.95. The summed E-state index contributed by atoms with van der Waals surface area (Å²) in [4.78, 5) is 7.83. The van der Waals surface area contributed by atoms with Crippen molar-refractivity contribution in [2.24, 2.45) is 0 Å². The molecule has 5 heteroatoms. The van der Waals surface area contributed by atoms with Crippen LogP contribution in [0.5, 0.6) is 0 Å². The summed E-state index contributed by atoms with van der Waals surface area (Å²) in [6, 6.07) is 13.8. The molecule has 0 saturated carbocycles. The van der Waals surface area contributed by atoms with Crippen molar-refractivity contribution in [3.63, 3.8) is 0 Å². The van der Waals surface area contributed by atoms with Crippen LogP contribution in [0.2, 0.25) is 5.02 Å². The van der Waals surface area contributed by atoms with Gasteiger partial charge in [0.25, 0.3) is 0 Å². The molecule has 1 aromatic heterocycles. The summed E-state index contributed by atoms with van der Waals surface area (Å²) in [6.45, 7) is 1.46. The molecule has 0 unspecified atom stereocenters. The predicted octanol–water partition coefficient (Wildman–Crippen LogP) is 4.27. The summed E-state index contributed by atoms with van der Waals surface area (Å²) in [5.74, 6) is 0.941. The van der Waals surface area contributed by atoms with Crippen LogP contribution in [0.25, 0.3) is 11.0 Å². The number of nitrogens with zero attached hydrogens (tertiary/aromatic N) is 1. The SMILES string of the molecule is Clc1ccc(CNCc2nc3ccccc3[nH]2)c(Br)c1. The number of hydrogen-bond donors (Lipinski definition) is 2. The highest BCUT2D eigenvalue weighted by atomic mass is 79.9. The van der Waals surface area contributed by atoms with Gasteiger partial charge in [-0.05, 0) is 29.8 Å². The van der Waals surface area contributed by atoms with Crippen molar-refractivity contribution in [2.45, 2.75) is 13.1 Å². The lowest BCUT2D eigenvalue weighted by molar-refractivity contribution is 0.669. The van der Waals surface area contributed by atoms with Gasteiger partial charge in [0, 0.05) is 16.0 Å². The van der Waals surface area contributed by atoms with Gasteiger partial charge >= 0.3 is 0 Å². The number of para-hydroxylation sites is 2. The molecule has 3 rings (SSSR count). The van der Waals surface area contributed by atoms with Gasteiger partial charge in [0.1, 0.15) is 5.82 Å². The molecule has 0 bridgehead atoms. The Bertz CT molecular complexity index is 706. The number of hydrogen-bond acceptors (Lipinski definition) is 2. The van der Waals surface area contributed by atoms with E-state index < -0.39 is 0 Å². The summed E-state index contributed by atoms with van der Waals surface area (Å²) in [6.07, 6.45) is 0. The second-order valence-electron chi connectivity index (χ2n) is 4.54. The highest BCUT2D eigenvalue weighted by Gasteiger charge is 2.03. The largest absolute Gasteiger partial charge is 0.341 e. The first-order valence-electron chi connectivity index (χ1n) is 6.30. The Labute approximate surface area is 130 Å². The number of benzene rings is 2. The van der Waals surface area contributed by atoms with Crippen molar-refractivity contribution in [1.29, 1.82) is 0 Å². The summed E-state index contributed by atoms with van der Waals surface area (Å²) in [5, 5.41) is 4.11. The lowest BCUT2D eigenvalue weighted by Crippen LogP contribution is -2.14. The zero-order chi connectivity index (χ0) is 13.9. The fraction of sp³-hybridized carbons (Fsp3) is 0.133. The van der Waals surface area contributed by atoms with Crippen LogP contribution >= 0.6 is 27.5 Å². The monoisotopic (exact) mass is 349 g/mol. The van der Waals surface area contributed by atoms with Gasteiger partial charge in [-0.1, -0.05) is 45.7 Å². The smallest absolute Gasteiger partial charge is 0.121 e. The molecule has 3 aromatic rings. The maximum Gasteiger partial charge on any atom is 0.121 e. The van der Waals surface area contributed by atoms with Crippen molar-refractivity contribution in [1.82, 2.24) is 15.3 Å². The molecule has 0 aliphatic heterocycles. The lowest BCUT2D eigenvalue weighted by Gasteiger charge is -2.06. The molecular formula is C15H13BrClN3. The van der Waals surface area contributed by atoms with Gasteiger partial charge in [0.2, 0.25) is 0 Å². The quantitative estimate of drug-likeness (QED) is 0.738. The number of aromatic amines is 1. The molecule has 0 aliphatic carbocycles. The van der Waals surface area contributed by atoms with Gasteiger partial charge in [0.15, 0.2) is 0 Å². The summed E-state index contributed by atoms with van der Waals surface area (Å²) in [7, 11) is 0. The molecular weight excluding hydrogens is 338 g/mol. The molecule has 0 fully saturated rings. The fourth-order valence-corrected chi connectivity index (χ4v) is 2.89. The molecule has 20 heavy (non-hydrogen) atoms. The van der Waals surface area contributed by atoms with Gasteiger partial charge in [-0.15, -0.1) is 0 Å². The van der Waals surface area contributed by atoms with E-state index >= 15 is 0 Å². The second-order valence-corrected chi connectivity index (χ2v) is 5.83. The van der Waals surface area contributed by atoms with Crippen LogP contribution in [-0.2, 0) is 13.1 Å². The van der Waals surface area contributed by atoms with Crippen molar-refractivity contribution < 1.29 is 0 Å². The lowest BCUT2D eigenvalue weighted by atomic mass is 10.2. The molecule has 2 N–H and O–H groups in total. The van der Waals surface area contributed by atoms with Crippen molar-refractivity contribution in [3.05, 3.63) is 63.3 Å². The van der Waals surface area contributed by atoms with E-state index in [0.29, 0.717) is 6.54 Å². The maximum atomic E-state index is 5.93. The van der Waals surface area contributed by atoms with Crippen LogP contribution in [0.4, 0.5) is 0 Å². The Kier molecular flexibility index (Phi) is 4.05. The van der Waals surface area contributed by atoms with Gasteiger partial charge in [-0.3, -0.25) is 0 Å². The number of nitrogens with one attached hydrogen (secondary N) is 2. The summed E-state index contributed by atoms with van der Waals surface area (Å²) < 4.78 is 1.02. The first-order chi connectivity index (χ1) is 9.72.